The molecule has 0 saturated carbocycles. The summed E-state index contributed by atoms with van der Waals surface area (Å²) < 4.78 is 26.2. The van der Waals surface area contributed by atoms with E-state index in [1.165, 1.54) is 0 Å². The van der Waals surface area contributed by atoms with E-state index >= 15 is 0 Å². The van der Waals surface area contributed by atoms with Crippen LogP contribution in [0.15, 0.2) is 24.5 Å². The molecule has 2 heterocycles. The molecule has 0 spiro atoms. The van der Waals surface area contributed by atoms with E-state index in [0.29, 0.717) is 6.54 Å². The minimum atomic E-state index is -3.24. The highest BCUT2D eigenvalue weighted by Gasteiger charge is 2.17. The Morgan fingerprint density at radius 3 is 2.82 bits per heavy atom. The molecule has 2 rings (SSSR count). The summed E-state index contributed by atoms with van der Waals surface area (Å²) in [4.78, 5) is 3.86. The standard InChI is InChI=1S/C11H17N3O2S/c15-17(16,9-10-3-6-12-7-4-10)14-8-11-2-1-5-13-11/h3-4,6-7,11,13-14H,1-2,5,8-9H2/t11-/m1/s1. The number of pyridine rings is 1. The molecule has 1 aromatic heterocycles. The fraction of sp³-hybridized carbons (Fsp3) is 0.545. The Morgan fingerprint density at radius 1 is 1.41 bits per heavy atom. The maximum Gasteiger partial charge on any atom is 0.215 e. The van der Waals surface area contributed by atoms with Gasteiger partial charge in [0.1, 0.15) is 0 Å². The van der Waals surface area contributed by atoms with Crippen LogP contribution >= 0.6 is 0 Å². The first-order chi connectivity index (χ1) is 8.16. The van der Waals surface area contributed by atoms with Gasteiger partial charge in [-0.25, -0.2) is 13.1 Å². The molecule has 6 heteroatoms. The molecule has 2 N–H and O–H groups in total. The summed E-state index contributed by atoms with van der Waals surface area (Å²) in [5.41, 5.74) is 0.756. The van der Waals surface area contributed by atoms with Crippen LogP contribution in [-0.4, -0.2) is 32.5 Å². The van der Waals surface area contributed by atoms with Crippen LogP contribution in [0.5, 0.6) is 0 Å². The fourth-order valence-corrected chi connectivity index (χ4v) is 3.10. The second-order valence-electron chi connectivity index (χ2n) is 4.26. The van der Waals surface area contributed by atoms with Gasteiger partial charge in [-0.3, -0.25) is 4.98 Å². The Hall–Kier alpha value is -0.980. The van der Waals surface area contributed by atoms with Crippen molar-refractivity contribution < 1.29 is 8.42 Å². The maximum absolute atomic E-state index is 11.8. The predicted octanol–water partition coefficient (Wildman–Crippen LogP) is 0.253. The van der Waals surface area contributed by atoms with Crippen LogP contribution in [0.1, 0.15) is 18.4 Å². The normalized spacial score (nSPS) is 20.6. The Labute approximate surface area is 102 Å². The lowest BCUT2D eigenvalue weighted by Crippen LogP contribution is -2.37. The van der Waals surface area contributed by atoms with Crippen molar-refractivity contribution in [1.82, 2.24) is 15.0 Å². The Kier molecular flexibility index (Phi) is 4.09. The second-order valence-corrected chi connectivity index (χ2v) is 6.06. The first kappa shape index (κ1) is 12.5. The third-order valence-electron chi connectivity index (χ3n) is 2.82. The van der Waals surface area contributed by atoms with Crippen LogP contribution in [0.3, 0.4) is 0 Å². The van der Waals surface area contributed by atoms with Crippen molar-refractivity contribution >= 4 is 10.0 Å². The molecule has 0 aliphatic carbocycles. The molecule has 0 aromatic carbocycles. The van der Waals surface area contributed by atoms with Crippen LogP contribution in [0.4, 0.5) is 0 Å². The van der Waals surface area contributed by atoms with Gasteiger partial charge >= 0.3 is 0 Å². The lowest BCUT2D eigenvalue weighted by atomic mass is 10.2. The Balaban J connectivity index is 1.86. The van der Waals surface area contributed by atoms with Crippen molar-refractivity contribution in [3.63, 3.8) is 0 Å². The van der Waals surface area contributed by atoms with Crippen molar-refractivity contribution in [2.24, 2.45) is 0 Å². The van der Waals surface area contributed by atoms with Crippen molar-refractivity contribution in [1.29, 1.82) is 0 Å². The van der Waals surface area contributed by atoms with E-state index in [2.05, 4.69) is 15.0 Å². The number of aromatic nitrogens is 1. The Bertz CT molecular complexity index is 441. The summed E-state index contributed by atoms with van der Waals surface area (Å²) >= 11 is 0. The number of sulfonamides is 1. The van der Waals surface area contributed by atoms with E-state index in [1.54, 1.807) is 24.5 Å². The van der Waals surface area contributed by atoms with Gasteiger partial charge in [-0.1, -0.05) is 0 Å². The van der Waals surface area contributed by atoms with Crippen molar-refractivity contribution in [3.8, 4) is 0 Å². The molecule has 1 fully saturated rings. The monoisotopic (exact) mass is 255 g/mol. The van der Waals surface area contributed by atoms with Crippen LogP contribution < -0.4 is 10.0 Å². The van der Waals surface area contributed by atoms with Crippen LogP contribution in [0.25, 0.3) is 0 Å². The molecule has 17 heavy (non-hydrogen) atoms. The SMILES string of the molecule is O=S(=O)(Cc1ccncc1)NC[C@H]1CCCN1. The van der Waals surface area contributed by atoms with Gasteiger partial charge < -0.3 is 5.32 Å². The zero-order valence-electron chi connectivity index (χ0n) is 9.59. The first-order valence-corrected chi connectivity index (χ1v) is 7.40. The van der Waals surface area contributed by atoms with Gasteiger partial charge in [-0.05, 0) is 37.1 Å². The number of rotatable bonds is 5. The largest absolute Gasteiger partial charge is 0.313 e. The minimum absolute atomic E-state index is 0.0161. The van der Waals surface area contributed by atoms with Gasteiger partial charge in [-0.15, -0.1) is 0 Å². The molecule has 1 aliphatic rings. The lowest BCUT2D eigenvalue weighted by molar-refractivity contribution is 0.551. The van der Waals surface area contributed by atoms with Crippen molar-refractivity contribution in [2.75, 3.05) is 13.1 Å². The smallest absolute Gasteiger partial charge is 0.215 e. The molecule has 1 aromatic rings. The molecule has 5 nitrogen and oxygen atoms in total. The third-order valence-corrected chi connectivity index (χ3v) is 4.14. The summed E-state index contributed by atoms with van der Waals surface area (Å²) in [5, 5.41) is 3.26. The average Bonchev–Trinajstić information content (AvgIpc) is 2.80. The fourth-order valence-electron chi connectivity index (χ4n) is 1.91. The molecule has 0 bridgehead atoms. The highest BCUT2D eigenvalue weighted by atomic mass is 32.2. The quantitative estimate of drug-likeness (QED) is 0.791. The molecular formula is C11H17N3O2S. The number of hydrogen-bond acceptors (Lipinski definition) is 4. The van der Waals surface area contributed by atoms with Gasteiger partial charge in [0.25, 0.3) is 0 Å². The van der Waals surface area contributed by atoms with E-state index in [4.69, 9.17) is 0 Å². The van der Waals surface area contributed by atoms with Crippen LogP contribution in [-0.2, 0) is 15.8 Å². The Morgan fingerprint density at radius 2 is 2.18 bits per heavy atom. The average molecular weight is 255 g/mol. The molecule has 0 amide bonds. The summed E-state index contributed by atoms with van der Waals surface area (Å²) in [5.74, 6) is 0.0161. The molecule has 94 valence electrons. The van der Waals surface area contributed by atoms with Gasteiger partial charge in [0.05, 0.1) is 5.75 Å². The second kappa shape index (κ2) is 5.57. The lowest BCUT2D eigenvalue weighted by Gasteiger charge is -2.11. The number of nitrogens with zero attached hydrogens (tertiary/aromatic N) is 1. The van der Waals surface area contributed by atoms with Gasteiger partial charge in [-0.2, -0.15) is 0 Å². The highest BCUT2D eigenvalue weighted by Crippen LogP contribution is 2.06. The highest BCUT2D eigenvalue weighted by molar-refractivity contribution is 7.88. The van der Waals surface area contributed by atoms with E-state index < -0.39 is 10.0 Å². The molecule has 0 radical (unpaired) electrons. The van der Waals surface area contributed by atoms with E-state index in [1.807, 2.05) is 0 Å². The van der Waals surface area contributed by atoms with Crippen molar-refractivity contribution in [3.05, 3.63) is 30.1 Å². The minimum Gasteiger partial charge on any atom is -0.313 e. The number of hydrogen-bond donors (Lipinski definition) is 2. The van der Waals surface area contributed by atoms with E-state index in [0.717, 1.165) is 24.9 Å². The van der Waals surface area contributed by atoms with Gasteiger partial charge in [0.15, 0.2) is 0 Å². The van der Waals surface area contributed by atoms with Gasteiger partial charge in [0, 0.05) is 25.0 Å². The van der Waals surface area contributed by atoms with Crippen LogP contribution in [0.2, 0.25) is 0 Å². The number of nitrogens with one attached hydrogen (secondary N) is 2. The van der Waals surface area contributed by atoms with Crippen molar-refractivity contribution in [2.45, 2.75) is 24.6 Å². The summed E-state index contributed by atoms with van der Waals surface area (Å²) in [6.45, 7) is 1.46. The topological polar surface area (TPSA) is 71.1 Å². The first-order valence-electron chi connectivity index (χ1n) is 5.75. The predicted molar refractivity (Wildman–Crippen MR) is 65.9 cm³/mol. The van der Waals surface area contributed by atoms with E-state index in [-0.39, 0.29) is 11.8 Å². The zero-order chi connectivity index (χ0) is 12.1. The van der Waals surface area contributed by atoms with Crippen LogP contribution in [0, 0.1) is 0 Å². The zero-order valence-corrected chi connectivity index (χ0v) is 10.4. The summed E-state index contributed by atoms with van der Waals surface area (Å²) in [7, 11) is -3.24. The molecule has 1 saturated heterocycles. The van der Waals surface area contributed by atoms with Gasteiger partial charge in [0.2, 0.25) is 10.0 Å². The summed E-state index contributed by atoms with van der Waals surface area (Å²) in [6.07, 6.45) is 5.36. The third kappa shape index (κ3) is 4.07. The maximum atomic E-state index is 11.8. The molecular weight excluding hydrogens is 238 g/mol. The van der Waals surface area contributed by atoms with E-state index in [9.17, 15) is 8.42 Å². The molecule has 0 unspecified atom stereocenters. The molecule has 1 atom stereocenters. The summed E-state index contributed by atoms with van der Waals surface area (Å²) in [6, 6.07) is 3.71. The molecule has 1 aliphatic heterocycles.